The van der Waals surface area contributed by atoms with E-state index < -0.39 is 0 Å². The van der Waals surface area contributed by atoms with Gasteiger partial charge in [0.25, 0.3) is 0 Å². The number of fused-ring (bicyclic) bond motifs is 1. The topological polar surface area (TPSA) is 56.8 Å². The maximum Gasteiger partial charge on any atom is 0.220 e. The van der Waals surface area contributed by atoms with E-state index in [9.17, 15) is 4.79 Å². The second-order valence-corrected chi connectivity index (χ2v) is 7.41. The Labute approximate surface area is 160 Å². The van der Waals surface area contributed by atoms with Crippen molar-refractivity contribution in [1.29, 1.82) is 0 Å². The van der Waals surface area contributed by atoms with E-state index in [1.165, 1.54) is 0 Å². The van der Waals surface area contributed by atoms with Gasteiger partial charge in [0.2, 0.25) is 5.91 Å². The summed E-state index contributed by atoms with van der Waals surface area (Å²) < 4.78 is 16.6. The fraction of sp³-hybridized carbons (Fsp3) is 0.409. The molecule has 0 saturated carbocycles. The molecule has 5 nitrogen and oxygen atoms in total. The Hall–Kier alpha value is -2.69. The monoisotopic (exact) mass is 369 g/mol. The summed E-state index contributed by atoms with van der Waals surface area (Å²) in [4.78, 5) is 12.6. The van der Waals surface area contributed by atoms with Crippen molar-refractivity contribution in [1.82, 2.24) is 5.32 Å². The predicted molar refractivity (Wildman–Crippen MR) is 105 cm³/mol. The Morgan fingerprint density at radius 3 is 2.63 bits per heavy atom. The number of hydrogen-bond acceptors (Lipinski definition) is 4. The number of benzene rings is 2. The molecule has 0 unspecified atom stereocenters. The van der Waals surface area contributed by atoms with Gasteiger partial charge >= 0.3 is 0 Å². The molecule has 1 heterocycles. The lowest BCUT2D eigenvalue weighted by Gasteiger charge is -2.37. The van der Waals surface area contributed by atoms with Crippen molar-refractivity contribution in [3.63, 3.8) is 0 Å². The quantitative estimate of drug-likeness (QED) is 0.834. The first-order chi connectivity index (χ1) is 12.9. The van der Waals surface area contributed by atoms with Crippen LogP contribution in [0.25, 0.3) is 0 Å². The highest BCUT2D eigenvalue weighted by Crippen LogP contribution is 2.39. The van der Waals surface area contributed by atoms with Gasteiger partial charge in [0, 0.05) is 18.4 Å². The average Bonchev–Trinajstić information content (AvgIpc) is 2.65. The fourth-order valence-corrected chi connectivity index (χ4v) is 3.49. The first-order valence-electron chi connectivity index (χ1n) is 9.20. The van der Waals surface area contributed by atoms with E-state index in [4.69, 9.17) is 14.2 Å². The number of amides is 1. The van der Waals surface area contributed by atoms with Crippen LogP contribution < -0.4 is 19.5 Å². The van der Waals surface area contributed by atoms with Crippen molar-refractivity contribution in [3.05, 3.63) is 53.6 Å². The number of aryl methyl sites for hydroxylation is 1. The molecule has 5 heteroatoms. The first kappa shape index (κ1) is 19.1. The number of methoxy groups -OCH3 is 2. The number of carbonyl (C=O) groups excluding carboxylic acids is 1. The van der Waals surface area contributed by atoms with E-state index >= 15 is 0 Å². The molecule has 3 rings (SSSR count). The van der Waals surface area contributed by atoms with E-state index in [0.717, 1.165) is 23.3 Å². The summed E-state index contributed by atoms with van der Waals surface area (Å²) in [7, 11) is 3.22. The number of carbonyl (C=O) groups is 1. The third-order valence-electron chi connectivity index (χ3n) is 4.80. The van der Waals surface area contributed by atoms with Gasteiger partial charge in [-0.25, -0.2) is 0 Å². The standard InChI is InChI=1S/C22H27NO4/c1-22(2)14-17(16-7-5-6-8-18(16)27-22)23-21(24)12-10-15-9-11-19(25-3)20(13-15)26-4/h5-9,11,13,17H,10,12,14H2,1-4H3,(H,23,24)/t17-/m1/s1. The van der Waals surface area contributed by atoms with Crippen molar-refractivity contribution in [3.8, 4) is 17.2 Å². The van der Waals surface area contributed by atoms with E-state index in [-0.39, 0.29) is 17.6 Å². The third-order valence-corrected chi connectivity index (χ3v) is 4.80. The van der Waals surface area contributed by atoms with Gasteiger partial charge < -0.3 is 19.5 Å². The summed E-state index contributed by atoms with van der Waals surface area (Å²) in [5, 5.41) is 3.18. The van der Waals surface area contributed by atoms with Gasteiger partial charge in [0.05, 0.1) is 20.3 Å². The summed E-state index contributed by atoms with van der Waals surface area (Å²) in [6.07, 6.45) is 1.79. The van der Waals surface area contributed by atoms with Crippen LogP contribution >= 0.6 is 0 Å². The molecule has 0 saturated heterocycles. The van der Waals surface area contributed by atoms with Gasteiger partial charge in [-0.3, -0.25) is 4.79 Å². The minimum atomic E-state index is -0.310. The van der Waals surface area contributed by atoms with Gasteiger partial charge in [-0.1, -0.05) is 24.3 Å². The smallest absolute Gasteiger partial charge is 0.220 e. The number of ether oxygens (including phenoxy) is 3. The summed E-state index contributed by atoms with van der Waals surface area (Å²) in [6, 6.07) is 13.6. The van der Waals surface area contributed by atoms with E-state index in [1.807, 2.05) is 56.3 Å². The summed E-state index contributed by atoms with van der Waals surface area (Å²) >= 11 is 0. The van der Waals surface area contributed by atoms with Crippen LogP contribution in [0.4, 0.5) is 0 Å². The van der Waals surface area contributed by atoms with Crippen LogP contribution in [0.5, 0.6) is 17.2 Å². The zero-order valence-corrected chi connectivity index (χ0v) is 16.4. The van der Waals surface area contributed by atoms with Crippen molar-refractivity contribution in [2.45, 2.75) is 44.8 Å². The van der Waals surface area contributed by atoms with Gasteiger partial charge in [-0.05, 0) is 44.0 Å². The molecule has 0 fully saturated rings. The van der Waals surface area contributed by atoms with Crippen molar-refractivity contribution < 1.29 is 19.0 Å². The van der Waals surface area contributed by atoms with Crippen molar-refractivity contribution in [2.24, 2.45) is 0 Å². The van der Waals surface area contributed by atoms with Gasteiger partial charge in [-0.2, -0.15) is 0 Å². The van der Waals surface area contributed by atoms with Gasteiger partial charge in [0.15, 0.2) is 11.5 Å². The van der Waals surface area contributed by atoms with Crippen LogP contribution in [-0.2, 0) is 11.2 Å². The normalized spacial score (nSPS) is 17.4. The molecule has 0 bridgehead atoms. The minimum Gasteiger partial charge on any atom is -0.493 e. The summed E-state index contributed by atoms with van der Waals surface area (Å²) in [5.74, 6) is 2.24. The average molecular weight is 369 g/mol. The largest absolute Gasteiger partial charge is 0.493 e. The van der Waals surface area contributed by atoms with Crippen LogP contribution in [0.1, 0.15) is 43.9 Å². The molecule has 144 valence electrons. The molecule has 0 aromatic heterocycles. The Bertz CT molecular complexity index is 816. The van der Waals surface area contributed by atoms with Crippen molar-refractivity contribution >= 4 is 5.91 Å². The molecule has 1 aliphatic heterocycles. The fourth-order valence-electron chi connectivity index (χ4n) is 3.49. The number of para-hydroxylation sites is 1. The second kappa shape index (κ2) is 7.91. The zero-order chi connectivity index (χ0) is 19.4. The highest BCUT2D eigenvalue weighted by atomic mass is 16.5. The van der Waals surface area contributed by atoms with Gasteiger partial charge in [-0.15, -0.1) is 0 Å². The molecule has 27 heavy (non-hydrogen) atoms. The SMILES string of the molecule is COc1ccc(CCC(=O)N[C@@H]2CC(C)(C)Oc3ccccc32)cc1OC. The van der Waals surface area contributed by atoms with E-state index in [1.54, 1.807) is 14.2 Å². The molecule has 1 aliphatic rings. The minimum absolute atomic E-state index is 0.0299. The van der Waals surface area contributed by atoms with E-state index in [2.05, 4.69) is 5.32 Å². The molecule has 0 spiro atoms. The molecule has 0 radical (unpaired) electrons. The van der Waals surface area contributed by atoms with Crippen LogP contribution in [0.3, 0.4) is 0 Å². The van der Waals surface area contributed by atoms with Gasteiger partial charge in [0.1, 0.15) is 11.4 Å². The maximum absolute atomic E-state index is 12.6. The Morgan fingerprint density at radius 2 is 1.89 bits per heavy atom. The molecule has 1 atom stereocenters. The summed E-state index contributed by atoms with van der Waals surface area (Å²) in [6.45, 7) is 4.09. The predicted octanol–water partition coefficient (Wildman–Crippen LogP) is 4.06. The summed E-state index contributed by atoms with van der Waals surface area (Å²) in [5.41, 5.74) is 1.77. The van der Waals surface area contributed by atoms with Crippen LogP contribution in [0.2, 0.25) is 0 Å². The van der Waals surface area contributed by atoms with Crippen molar-refractivity contribution in [2.75, 3.05) is 14.2 Å². The number of nitrogens with one attached hydrogen (secondary N) is 1. The lowest BCUT2D eigenvalue weighted by Crippen LogP contribution is -2.41. The number of hydrogen-bond donors (Lipinski definition) is 1. The molecule has 2 aromatic rings. The Morgan fingerprint density at radius 1 is 1.15 bits per heavy atom. The first-order valence-corrected chi connectivity index (χ1v) is 9.20. The molecule has 1 N–H and O–H groups in total. The van der Waals surface area contributed by atoms with Crippen LogP contribution in [0.15, 0.2) is 42.5 Å². The molecular weight excluding hydrogens is 342 g/mol. The maximum atomic E-state index is 12.6. The Kier molecular flexibility index (Phi) is 5.59. The molecule has 1 amide bonds. The molecule has 0 aliphatic carbocycles. The van der Waals surface area contributed by atoms with E-state index in [0.29, 0.717) is 24.3 Å². The highest BCUT2D eigenvalue weighted by Gasteiger charge is 2.34. The highest BCUT2D eigenvalue weighted by molar-refractivity contribution is 5.77. The lowest BCUT2D eigenvalue weighted by molar-refractivity contribution is -0.122. The lowest BCUT2D eigenvalue weighted by atomic mass is 9.89. The Balaban J connectivity index is 1.64. The number of rotatable bonds is 6. The molecular formula is C22H27NO4. The third kappa shape index (κ3) is 4.54. The van der Waals surface area contributed by atoms with Crippen LogP contribution in [-0.4, -0.2) is 25.7 Å². The van der Waals surface area contributed by atoms with Crippen LogP contribution in [0, 0.1) is 0 Å². The zero-order valence-electron chi connectivity index (χ0n) is 16.4. The second-order valence-electron chi connectivity index (χ2n) is 7.41. The molecule has 2 aromatic carbocycles.